The highest BCUT2D eigenvalue weighted by Crippen LogP contribution is 2.17. The zero-order valence-corrected chi connectivity index (χ0v) is 21.7. The molecule has 0 aromatic rings. The topological polar surface area (TPSA) is 90.6 Å². The molecule has 0 unspecified atom stereocenters. The SMILES string of the molecule is C=C(C)COCCC[Si](OC)(OC)OC.CCO[Si](CCCN)(OCC)OCC. The summed E-state index contributed by atoms with van der Waals surface area (Å²) in [6, 6.07) is 1.59. The van der Waals surface area contributed by atoms with Crippen LogP contribution in [0.25, 0.3) is 0 Å². The maximum absolute atomic E-state index is 5.65. The molecule has 0 radical (unpaired) electrons. The molecule has 0 spiro atoms. The molecule has 10 heteroatoms. The van der Waals surface area contributed by atoms with Crippen LogP contribution >= 0.6 is 0 Å². The summed E-state index contributed by atoms with van der Waals surface area (Å²) >= 11 is 0. The average molecular weight is 456 g/mol. The van der Waals surface area contributed by atoms with Crippen LogP contribution in [0.5, 0.6) is 0 Å². The van der Waals surface area contributed by atoms with E-state index in [9.17, 15) is 0 Å². The van der Waals surface area contributed by atoms with Crippen molar-refractivity contribution in [3.8, 4) is 0 Å². The van der Waals surface area contributed by atoms with Gasteiger partial charge in [0.25, 0.3) is 0 Å². The van der Waals surface area contributed by atoms with Crippen LogP contribution in [-0.4, -0.2) is 78.5 Å². The van der Waals surface area contributed by atoms with Gasteiger partial charge in [0, 0.05) is 59.8 Å². The predicted octanol–water partition coefficient (Wildman–Crippen LogP) is 3.23. The lowest BCUT2D eigenvalue weighted by Crippen LogP contribution is -2.46. The Labute approximate surface area is 180 Å². The molecule has 0 rings (SSSR count). The fourth-order valence-corrected chi connectivity index (χ4v) is 6.84. The molecule has 0 aromatic carbocycles. The van der Waals surface area contributed by atoms with Gasteiger partial charge >= 0.3 is 17.6 Å². The van der Waals surface area contributed by atoms with Crippen molar-refractivity contribution in [2.45, 2.75) is 52.6 Å². The van der Waals surface area contributed by atoms with Crippen LogP contribution < -0.4 is 5.73 Å². The summed E-state index contributed by atoms with van der Waals surface area (Å²) in [6.45, 7) is 15.4. The molecule has 0 aliphatic rings. The van der Waals surface area contributed by atoms with Crippen LogP contribution in [0.2, 0.25) is 12.1 Å². The van der Waals surface area contributed by atoms with Gasteiger partial charge in [-0.1, -0.05) is 12.2 Å². The Bertz CT molecular complexity index is 360. The fourth-order valence-electron chi connectivity index (χ4n) is 2.51. The highest BCUT2D eigenvalue weighted by Gasteiger charge is 2.39. The zero-order valence-electron chi connectivity index (χ0n) is 19.7. The first-order valence-electron chi connectivity index (χ1n) is 10.3. The molecule has 0 bridgehead atoms. The van der Waals surface area contributed by atoms with Gasteiger partial charge < -0.3 is 37.0 Å². The van der Waals surface area contributed by atoms with Gasteiger partial charge in [-0.3, -0.25) is 0 Å². The second kappa shape index (κ2) is 19.8. The molecular weight excluding hydrogens is 410 g/mol. The van der Waals surface area contributed by atoms with Crippen molar-refractivity contribution in [3.05, 3.63) is 12.2 Å². The summed E-state index contributed by atoms with van der Waals surface area (Å²) in [5.41, 5.74) is 6.51. The first kappa shape index (κ1) is 31.0. The Kier molecular flexibility index (Phi) is 21.2. The first-order valence-corrected chi connectivity index (χ1v) is 14.2. The Morgan fingerprint density at radius 1 is 0.793 bits per heavy atom. The smallest absolute Gasteiger partial charge is 0.377 e. The van der Waals surface area contributed by atoms with Crippen molar-refractivity contribution in [1.82, 2.24) is 0 Å². The molecule has 0 atom stereocenters. The maximum atomic E-state index is 5.65. The van der Waals surface area contributed by atoms with E-state index in [2.05, 4.69) is 6.58 Å². The van der Waals surface area contributed by atoms with E-state index in [4.69, 9.17) is 37.0 Å². The predicted molar refractivity (Wildman–Crippen MR) is 121 cm³/mol. The van der Waals surface area contributed by atoms with E-state index in [1.807, 2.05) is 27.7 Å². The van der Waals surface area contributed by atoms with Crippen LogP contribution in [0.1, 0.15) is 40.5 Å². The van der Waals surface area contributed by atoms with Crippen molar-refractivity contribution < 1.29 is 31.3 Å². The van der Waals surface area contributed by atoms with Crippen LogP contribution in [0.3, 0.4) is 0 Å². The molecule has 2 N–H and O–H groups in total. The van der Waals surface area contributed by atoms with Gasteiger partial charge in [-0.2, -0.15) is 0 Å². The molecule has 0 fully saturated rings. The van der Waals surface area contributed by atoms with Gasteiger partial charge in [0.2, 0.25) is 0 Å². The molecule has 0 aromatic heterocycles. The minimum atomic E-state index is -2.40. The number of ether oxygens (including phenoxy) is 1. The van der Waals surface area contributed by atoms with E-state index >= 15 is 0 Å². The summed E-state index contributed by atoms with van der Waals surface area (Å²) in [4.78, 5) is 0. The second-order valence-corrected chi connectivity index (χ2v) is 12.1. The molecule has 176 valence electrons. The van der Waals surface area contributed by atoms with Crippen LogP contribution in [-0.2, 0) is 31.3 Å². The summed E-state index contributed by atoms with van der Waals surface area (Å²) in [5, 5.41) is 0. The van der Waals surface area contributed by atoms with Crippen LogP contribution in [0, 0.1) is 0 Å². The van der Waals surface area contributed by atoms with Gasteiger partial charge in [-0.05, 0) is 47.1 Å². The third-order valence-corrected chi connectivity index (χ3v) is 9.82. The number of nitrogens with two attached hydrogens (primary N) is 1. The molecule has 0 aliphatic heterocycles. The van der Waals surface area contributed by atoms with Crippen molar-refractivity contribution in [2.24, 2.45) is 5.73 Å². The Morgan fingerprint density at radius 2 is 1.24 bits per heavy atom. The lowest BCUT2D eigenvalue weighted by molar-refractivity contribution is 0.0710. The monoisotopic (exact) mass is 455 g/mol. The third kappa shape index (κ3) is 15.3. The van der Waals surface area contributed by atoms with Crippen molar-refractivity contribution in [3.63, 3.8) is 0 Å². The van der Waals surface area contributed by atoms with Crippen LogP contribution in [0.15, 0.2) is 12.2 Å². The van der Waals surface area contributed by atoms with E-state index in [0.29, 0.717) is 39.6 Å². The van der Waals surface area contributed by atoms with Crippen molar-refractivity contribution in [2.75, 3.05) is 60.9 Å². The lowest BCUT2D eigenvalue weighted by atomic mass is 10.4. The Hall–Kier alpha value is -0.146. The van der Waals surface area contributed by atoms with Gasteiger partial charge in [0.05, 0.1) is 6.61 Å². The molecule has 0 aliphatic carbocycles. The molecule has 0 heterocycles. The third-order valence-electron chi connectivity index (χ3n) is 3.83. The normalized spacial score (nSPS) is 11.9. The molecule has 29 heavy (non-hydrogen) atoms. The highest BCUT2D eigenvalue weighted by molar-refractivity contribution is 6.61. The quantitative estimate of drug-likeness (QED) is 0.191. The average Bonchev–Trinajstić information content (AvgIpc) is 2.70. The van der Waals surface area contributed by atoms with E-state index in [1.54, 1.807) is 21.3 Å². The fraction of sp³-hybridized carbons (Fsp3) is 0.895. The van der Waals surface area contributed by atoms with Crippen molar-refractivity contribution in [1.29, 1.82) is 0 Å². The maximum Gasteiger partial charge on any atom is 0.500 e. The molecule has 0 saturated carbocycles. The van der Waals surface area contributed by atoms with E-state index in [1.165, 1.54) is 0 Å². The van der Waals surface area contributed by atoms with Gasteiger partial charge in [-0.15, -0.1) is 0 Å². The summed E-state index contributed by atoms with van der Waals surface area (Å²) < 4.78 is 38.2. The standard InChI is InChI=1S/C10H22O4Si.C9H23NO3Si/c1-10(2)9-14-7-6-8-15(11-3,12-4)13-5;1-4-11-14(12-5-2,13-6-3)9-7-8-10/h1,6-9H2,2-5H3;4-10H2,1-3H3. The van der Waals surface area contributed by atoms with Gasteiger partial charge in [0.15, 0.2) is 0 Å². The minimum absolute atomic E-state index is 0.613. The number of hydrogen-bond acceptors (Lipinski definition) is 8. The minimum Gasteiger partial charge on any atom is -0.377 e. The van der Waals surface area contributed by atoms with E-state index in [0.717, 1.165) is 30.5 Å². The highest BCUT2D eigenvalue weighted by atomic mass is 28.4. The Balaban J connectivity index is 0. The van der Waals surface area contributed by atoms with Crippen LogP contribution in [0.4, 0.5) is 0 Å². The van der Waals surface area contributed by atoms with Gasteiger partial charge in [0.1, 0.15) is 0 Å². The Morgan fingerprint density at radius 3 is 1.59 bits per heavy atom. The van der Waals surface area contributed by atoms with E-state index in [-0.39, 0.29) is 0 Å². The summed E-state index contributed by atoms with van der Waals surface area (Å²) in [5.74, 6) is 0. The number of hydrogen-bond donors (Lipinski definition) is 1. The van der Waals surface area contributed by atoms with E-state index < -0.39 is 17.6 Å². The van der Waals surface area contributed by atoms with Crippen molar-refractivity contribution >= 4 is 17.6 Å². The lowest BCUT2D eigenvalue weighted by Gasteiger charge is -2.28. The number of rotatable bonds is 18. The molecule has 0 amide bonds. The largest absolute Gasteiger partial charge is 0.500 e. The second-order valence-electron chi connectivity index (χ2n) is 6.28. The summed E-state index contributed by atoms with van der Waals surface area (Å²) in [6.07, 6.45) is 1.77. The molecular formula is C19H45NO7Si2. The van der Waals surface area contributed by atoms with Gasteiger partial charge in [-0.25, -0.2) is 0 Å². The summed E-state index contributed by atoms with van der Waals surface area (Å²) in [7, 11) is 0.0635. The first-order chi connectivity index (χ1) is 13.8. The molecule has 0 saturated heterocycles. The molecule has 8 nitrogen and oxygen atoms in total. The zero-order chi connectivity index (χ0) is 22.6.